The average molecular weight is 847 g/mol. The molecule has 0 aromatic heterocycles. The van der Waals surface area contributed by atoms with Gasteiger partial charge in [-0.15, -0.1) is 18.2 Å². The zero-order valence-electron chi connectivity index (χ0n) is 34.5. The van der Waals surface area contributed by atoms with Crippen LogP contribution in [0.3, 0.4) is 0 Å². The Hall–Kier alpha value is -4.43. The second-order valence-electron chi connectivity index (χ2n) is 15.3. The van der Waals surface area contributed by atoms with E-state index in [0.29, 0.717) is 35.8 Å². The Kier molecular flexibility index (Phi) is 16.9. The van der Waals surface area contributed by atoms with Gasteiger partial charge in [-0.25, -0.2) is 4.79 Å². The highest BCUT2D eigenvalue weighted by atomic mass is 35.5. The molecule has 60 heavy (non-hydrogen) atoms. The number of amides is 1. The van der Waals surface area contributed by atoms with E-state index >= 15 is 0 Å². The Morgan fingerprint density at radius 2 is 1.67 bits per heavy atom. The van der Waals surface area contributed by atoms with Crippen LogP contribution in [0.25, 0.3) is 11.1 Å². The molecule has 6 rings (SSSR count). The Balaban J connectivity index is 1.51. The number of benzene rings is 3. The van der Waals surface area contributed by atoms with E-state index in [4.69, 9.17) is 40.1 Å². The van der Waals surface area contributed by atoms with Crippen LogP contribution >= 0.6 is 11.6 Å². The third-order valence-corrected chi connectivity index (χ3v) is 11.8. The molecule has 0 saturated heterocycles. The SMILES string of the molecule is C=CCOC12Oc3ccc(Oc4ccc(-c5ccccc5)cc4)cc3C3C(CCCCO)C(CCCCO)C=C(C(=NOC)CC1N(CCOCCO)C(=O)OCCCl)C32. The van der Waals surface area contributed by atoms with Gasteiger partial charge in [-0.3, -0.25) is 4.90 Å². The zero-order valence-corrected chi connectivity index (χ0v) is 35.2. The number of oxime groups is 1. The van der Waals surface area contributed by atoms with E-state index in [1.807, 2.05) is 54.6 Å². The number of nitrogens with zero attached hydrogens (tertiary/aromatic N) is 2. The predicted molar refractivity (Wildman–Crippen MR) is 231 cm³/mol. The lowest BCUT2D eigenvalue weighted by molar-refractivity contribution is -0.256. The molecule has 12 nitrogen and oxygen atoms in total. The second kappa shape index (κ2) is 22.4. The first-order valence-corrected chi connectivity index (χ1v) is 21.6. The van der Waals surface area contributed by atoms with Crippen LogP contribution in [0.4, 0.5) is 4.79 Å². The average Bonchev–Trinajstić information content (AvgIpc) is 3.27. The zero-order chi connectivity index (χ0) is 42.3. The Labute approximate surface area is 358 Å². The number of hydrogen-bond acceptors (Lipinski definition) is 11. The van der Waals surface area contributed by atoms with Gasteiger partial charge in [0.1, 0.15) is 37.0 Å². The molecule has 3 N–H and O–H groups in total. The van der Waals surface area contributed by atoms with Crippen molar-refractivity contribution in [1.82, 2.24) is 4.90 Å². The number of alkyl halides is 1. The second-order valence-corrected chi connectivity index (χ2v) is 15.7. The number of unbranched alkanes of at least 4 members (excludes halogenated alkanes) is 2. The van der Waals surface area contributed by atoms with Crippen molar-refractivity contribution in [3.8, 4) is 28.4 Å². The molecular weight excluding hydrogens is 788 g/mol. The van der Waals surface area contributed by atoms with Gasteiger partial charge in [0, 0.05) is 37.7 Å². The number of carbonyl (C=O) groups is 1. The Morgan fingerprint density at radius 1 is 0.933 bits per heavy atom. The number of carbonyl (C=O) groups excluding carboxylic acids is 1. The number of halogens is 1. The van der Waals surface area contributed by atoms with Crippen LogP contribution < -0.4 is 9.47 Å². The minimum absolute atomic E-state index is 0.0122. The molecular formula is C47H59ClN2O10. The summed E-state index contributed by atoms with van der Waals surface area (Å²) >= 11 is 6.01. The molecule has 3 aromatic carbocycles. The fourth-order valence-corrected chi connectivity index (χ4v) is 9.29. The molecule has 2 aliphatic carbocycles. The summed E-state index contributed by atoms with van der Waals surface area (Å²) in [6.07, 6.45) is 8.05. The largest absolute Gasteiger partial charge is 0.459 e. The van der Waals surface area contributed by atoms with Gasteiger partial charge in [-0.1, -0.05) is 72.6 Å². The molecule has 0 bridgehead atoms. The van der Waals surface area contributed by atoms with Crippen LogP contribution in [0.2, 0.25) is 0 Å². The summed E-state index contributed by atoms with van der Waals surface area (Å²) in [5, 5.41) is 33.8. The molecule has 1 saturated carbocycles. The van der Waals surface area contributed by atoms with Gasteiger partial charge in [0.15, 0.2) is 0 Å². The molecule has 1 heterocycles. The molecule has 3 aliphatic rings. The van der Waals surface area contributed by atoms with Crippen LogP contribution in [-0.2, 0) is 19.0 Å². The Bertz CT molecular complexity index is 1890. The van der Waals surface area contributed by atoms with Crippen LogP contribution in [0.1, 0.15) is 56.4 Å². The first kappa shape index (κ1) is 45.1. The molecule has 1 fully saturated rings. The lowest BCUT2D eigenvalue weighted by Gasteiger charge is -2.59. The minimum Gasteiger partial charge on any atom is -0.459 e. The number of fused-ring (bicyclic) bond motifs is 2. The first-order valence-electron chi connectivity index (χ1n) is 21.1. The fourth-order valence-electron chi connectivity index (χ4n) is 9.22. The van der Waals surface area contributed by atoms with Crippen molar-refractivity contribution in [1.29, 1.82) is 0 Å². The number of rotatable bonds is 23. The van der Waals surface area contributed by atoms with Crippen molar-refractivity contribution >= 4 is 23.4 Å². The van der Waals surface area contributed by atoms with Crippen LogP contribution in [0.5, 0.6) is 17.2 Å². The summed E-state index contributed by atoms with van der Waals surface area (Å²) in [5.41, 5.74) is 4.69. The number of aliphatic hydroxyl groups is 3. The molecule has 6 unspecified atom stereocenters. The summed E-state index contributed by atoms with van der Waals surface area (Å²) in [5.74, 6) is -0.0926. The lowest BCUT2D eigenvalue weighted by atomic mass is 9.55. The van der Waals surface area contributed by atoms with Gasteiger partial charge in [-0.05, 0) is 84.6 Å². The third kappa shape index (κ3) is 10.4. The summed E-state index contributed by atoms with van der Waals surface area (Å²) in [7, 11) is 1.51. The minimum atomic E-state index is -1.47. The van der Waals surface area contributed by atoms with E-state index in [9.17, 15) is 20.1 Å². The molecule has 0 spiro atoms. The van der Waals surface area contributed by atoms with Gasteiger partial charge >= 0.3 is 6.09 Å². The Morgan fingerprint density at radius 3 is 2.37 bits per heavy atom. The van der Waals surface area contributed by atoms with E-state index in [-0.39, 0.29) is 82.8 Å². The summed E-state index contributed by atoms with van der Waals surface area (Å²) in [6.45, 7) is 4.39. The molecule has 0 radical (unpaired) electrons. The van der Waals surface area contributed by atoms with Gasteiger partial charge < -0.3 is 43.8 Å². The van der Waals surface area contributed by atoms with Crippen LogP contribution in [-0.4, -0.2) is 110 Å². The topological polar surface area (TPSA) is 149 Å². The van der Waals surface area contributed by atoms with E-state index in [1.54, 1.807) is 11.0 Å². The van der Waals surface area contributed by atoms with Crippen LogP contribution in [0.15, 0.2) is 102 Å². The number of allylic oxidation sites excluding steroid dienone is 1. The normalized spacial score (nSPS) is 23.4. The highest BCUT2D eigenvalue weighted by Crippen LogP contribution is 2.62. The molecule has 6 atom stereocenters. The van der Waals surface area contributed by atoms with Gasteiger partial charge in [0.05, 0.1) is 43.9 Å². The van der Waals surface area contributed by atoms with E-state index in [2.05, 4.69) is 36.0 Å². The summed E-state index contributed by atoms with van der Waals surface area (Å²) in [4.78, 5) is 21.2. The van der Waals surface area contributed by atoms with Gasteiger partial charge in [-0.2, -0.15) is 0 Å². The maximum Gasteiger partial charge on any atom is 0.410 e. The fraction of sp³-hybridized carbons (Fsp3) is 0.489. The van der Waals surface area contributed by atoms with Gasteiger partial charge in [0.25, 0.3) is 0 Å². The van der Waals surface area contributed by atoms with Crippen molar-refractivity contribution < 1.29 is 48.6 Å². The number of ether oxygens (including phenoxy) is 5. The molecule has 3 aromatic rings. The maximum absolute atomic E-state index is 14.1. The number of hydrogen-bond donors (Lipinski definition) is 3. The molecule has 324 valence electrons. The van der Waals surface area contributed by atoms with Crippen molar-refractivity contribution in [2.75, 3.05) is 65.8 Å². The monoisotopic (exact) mass is 846 g/mol. The highest BCUT2D eigenvalue weighted by Gasteiger charge is 2.65. The van der Waals surface area contributed by atoms with Crippen molar-refractivity contribution in [2.45, 2.75) is 62.7 Å². The summed E-state index contributed by atoms with van der Waals surface area (Å²) in [6, 6.07) is 23.2. The first-order chi connectivity index (χ1) is 29.4. The van der Waals surface area contributed by atoms with E-state index < -0.39 is 23.8 Å². The van der Waals surface area contributed by atoms with Crippen molar-refractivity contribution in [2.24, 2.45) is 22.9 Å². The van der Waals surface area contributed by atoms with Gasteiger partial charge in [0.2, 0.25) is 5.79 Å². The summed E-state index contributed by atoms with van der Waals surface area (Å²) < 4.78 is 32.2. The van der Waals surface area contributed by atoms with E-state index in [1.165, 1.54) is 7.11 Å². The maximum atomic E-state index is 14.1. The van der Waals surface area contributed by atoms with Crippen molar-refractivity contribution in [3.05, 3.63) is 103 Å². The van der Waals surface area contributed by atoms with E-state index in [0.717, 1.165) is 47.9 Å². The molecule has 1 amide bonds. The number of aliphatic hydroxyl groups excluding tert-OH is 3. The predicted octanol–water partition coefficient (Wildman–Crippen LogP) is 8.10. The smallest absolute Gasteiger partial charge is 0.410 e. The quantitative estimate of drug-likeness (QED) is 0.0370. The standard InChI is InChI=1S/C47H59ClN2O10/c1-3-26-58-47-43(50(22-28-56-29-25-53)46(54)57-27-21-48)32-41(49-55-2)39-30-35(13-7-9-23-51)38(14-8-10-24-52)44(45(39)47)40-31-37(19-20-42(40)60-47)59-36-17-15-34(16-18-36)33-11-5-4-6-12-33/h3-6,11-12,15-20,30-31,35,38,43-45,51-53H,1,7-10,13-14,21-29,32H2,2H3. The molecule has 1 aliphatic heterocycles. The lowest BCUT2D eigenvalue weighted by Crippen LogP contribution is -2.70. The third-order valence-electron chi connectivity index (χ3n) is 11.7. The van der Waals surface area contributed by atoms with Crippen LogP contribution in [0, 0.1) is 17.8 Å². The molecule has 13 heteroatoms. The highest BCUT2D eigenvalue weighted by molar-refractivity contribution is 6.18. The van der Waals surface area contributed by atoms with Crippen molar-refractivity contribution in [3.63, 3.8) is 0 Å².